The van der Waals surface area contributed by atoms with Crippen molar-refractivity contribution >= 4 is 22.5 Å². The van der Waals surface area contributed by atoms with E-state index in [-0.39, 0.29) is 11.1 Å². The molecule has 4 rings (SSSR count). The molecule has 9 heteroatoms. The van der Waals surface area contributed by atoms with Gasteiger partial charge in [0.2, 0.25) is 0 Å². The second-order valence-electron chi connectivity index (χ2n) is 8.94. The molecule has 2 amide bonds. The van der Waals surface area contributed by atoms with Crippen LogP contribution in [-0.2, 0) is 5.41 Å². The van der Waals surface area contributed by atoms with Crippen LogP contribution in [-0.4, -0.2) is 28.0 Å². The standard InChI is InChI=1S/C24H22F4N2O3/c1-22(2)12-23(33,24(26,27)28)20(16-9-10-17(25)19(31)18(16)22)30-21(32)29-15-8-7-13-5-3-4-6-14(13)11-15/h3-11,20,31,33H,12H2,1-2H3,(H2,29,30,32)/t20-,23-/m0/s1. The number of alkyl halides is 3. The van der Waals surface area contributed by atoms with Gasteiger partial charge in [0.15, 0.2) is 17.2 Å². The molecule has 1 aliphatic rings. The van der Waals surface area contributed by atoms with E-state index in [2.05, 4.69) is 10.6 Å². The Hall–Kier alpha value is -3.33. The van der Waals surface area contributed by atoms with Crippen LogP contribution >= 0.6 is 0 Å². The van der Waals surface area contributed by atoms with Gasteiger partial charge < -0.3 is 20.8 Å². The third-order valence-corrected chi connectivity index (χ3v) is 6.11. The van der Waals surface area contributed by atoms with Crippen molar-refractivity contribution in [3.8, 4) is 5.75 Å². The zero-order valence-corrected chi connectivity index (χ0v) is 17.8. The van der Waals surface area contributed by atoms with Gasteiger partial charge in [-0.1, -0.05) is 50.2 Å². The number of amides is 2. The number of halogens is 4. The van der Waals surface area contributed by atoms with Crippen LogP contribution in [0.3, 0.4) is 0 Å². The maximum Gasteiger partial charge on any atom is 0.419 e. The summed E-state index contributed by atoms with van der Waals surface area (Å²) in [4.78, 5) is 12.7. The fourth-order valence-electron chi connectivity index (χ4n) is 4.68. The normalized spacial score (nSPS) is 22.0. The summed E-state index contributed by atoms with van der Waals surface area (Å²) in [5, 5.41) is 27.5. The molecule has 4 N–H and O–H groups in total. The Labute approximate surface area is 187 Å². The van der Waals surface area contributed by atoms with Crippen LogP contribution in [0.25, 0.3) is 10.8 Å². The molecular weight excluding hydrogens is 440 g/mol. The number of carbonyl (C=O) groups excluding carboxylic acids is 1. The van der Waals surface area contributed by atoms with E-state index in [9.17, 15) is 32.6 Å². The highest BCUT2D eigenvalue weighted by molar-refractivity contribution is 5.93. The van der Waals surface area contributed by atoms with Crippen LogP contribution in [0.15, 0.2) is 54.6 Å². The Kier molecular flexibility index (Phi) is 5.28. The smallest absolute Gasteiger partial charge is 0.419 e. The van der Waals surface area contributed by atoms with Crippen molar-refractivity contribution in [2.75, 3.05) is 5.32 Å². The van der Waals surface area contributed by atoms with E-state index >= 15 is 0 Å². The van der Waals surface area contributed by atoms with E-state index in [0.29, 0.717) is 5.69 Å². The Morgan fingerprint density at radius 3 is 2.39 bits per heavy atom. The summed E-state index contributed by atoms with van der Waals surface area (Å²) in [5.41, 5.74) is -4.75. The van der Waals surface area contributed by atoms with Gasteiger partial charge in [-0.15, -0.1) is 0 Å². The number of urea groups is 1. The topological polar surface area (TPSA) is 81.6 Å². The number of phenols is 1. The molecule has 0 unspecified atom stereocenters. The molecule has 1 aliphatic carbocycles. The van der Waals surface area contributed by atoms with E-state index in [1.165, 1.54) is 13.8 Å². The summed E-state index contributed by atoms with van der Waals surface area (Å²) >= 11 is 0. The van der Waals surface area contributed by atoms with Crippen molar-refractivity contribution in [1.29, 1.82) is 0 Å². The fourth-order valence-corrected chi connectivity index (χ4v) is 4.68. The average Bonchev–Trinajstić information content (AvgIpc) is 2.72. The summed E-state index contributed by atoms with van der Waals surface area (Å²) in [6.07, 6.45) is -6.01. The number of phenolic OH excluding ortho intramolecular Hbond substituents is 1. The minimum Gasteiger partial charge on any atom is -0.505 e. The molecule has 3 aromatic carbocycles. The molecular formula is C24H22F4N2O3. The van der Waals surface area contributed by atoms with Crippen LogP contribution in [0, 0.1) is 5.82 Å². The number of anilines is 1. The second kappa shape index (κ2) is 7.62. The molecule has 0 saturated heterocycles. The summed E-state index contributed by atoms with van der Waals surface area (Å²) in [6, 6.07) is 11.2. The van der Waals surface area contributed by atoms with Crippen LogP contribution in [0.2, 0.25) is 0 Å². The highest BCUT2D eigenvalue weighted by Crippen LogP contribution is 2.55. The van der Waals surface area contributed by atoms with E-state index in [4.69, 9.17) is 0 Å². The number of hydrogen-bond acceptors (Lipinski definition) is 3. The predicted octanol–water partition coefficient (Wildman–Crippen LogP) is 5.52. The first-order valence-corrected chi connectivity index (χ1v) is 10.2. The maximum atomic E-state index is 14.1. The van der Waals surface area contributed by atoms with Crippen molar-refractivity contribution < 1.29 is 32.6 Å². The summed E-state index contributed by atoms with van der Waals surface area (Å²) < 4.78 is 56.3. The molecule has 3 aromatic rings. The molecule has 0 radical (unpaired) electrons. The number of fused-ring (bicyclic) bond motifs is 2. The van der Waals surface area contributed by atoms with Crippen molar-refractivity contribution in [1.82, 2.24) is 5.32 Å². The molecule has 0 bridgehead atoms. The van der Waals surface area contributed by atoms with E-state index in [0.717, 1.165) is 22.9 Å². The summed E-state index contributed by atoms with van der Waals surface area (Å²) in [6.45, 7) is 2.74. The van der Waals surface area contributed by atoms with E-state index in [1.807, 2.05) is 24.3 Å². The Morgan fingerprint density at radius 1 is 1.06 bits per heavy atom. The van der Waals surface area contributed by atoms with Crippen LogP contribution < -0.4 is 10.6 Å². The molecule has 5 nitrogen and oxygen atoms in total. The molecule has 0 heterocycles. The second-order valence-corrected chi connectivity index (χ2v) is 8.94. The Morgan fingerprint density at radius 2 is 1.73 bits per heavy atom. The number of carbonyl (C=O) groups is 1. The number of nitrogens with one attached hydrogen (secondary N) is 2. The molecule has 0 saturated carbocycles. The first kappa shape index (κ1) is 22.8. The minimum atomic E-state index is -5.12. The Bertz CT molecular complexity index is 1240. The molecule has 0 aromatic heterocycles. The lowest BCUT2D eigenvalue weighted by atomic mass is 9.63. The van der Waals surface area contributed by atoms with Crippen molar-refractivity contribution in [3.05, 3.63) is 71.5 Å². The molecule has 0 fully saturated rings. The van der Waals surface area contributed by atoms with Crippen LogP contribution in [0.5, 0.6) is 5.75 Å². The van der Waals surface area contributed by atoms with Gasteiger partial charge in [-0.25, -0.2) is 9.18 Å². The third-order valence-electron chi connectivity index (χ3n) is 6.11. The lowest BCUT2D eigenvalue weighted by molar-refractivity contribution is -0.280. The third kappa shape index (κ3) is 3.86. The maximum absolute atomic E-state index is 14.1. The average molecular weight is 462 g/mol. The van der Waals surface area contributed by atoms with E-state index in [1.54, 1.807) is 18.2 Å². The zero-order valence-electron chi connectivity index (χ0n) is 17.8. The number of hydrogen-bond donors (Lipinski definition) is 4. The quantitative estimate of drug-likeness (QED) is 0.379. The number of aliphatic hydroxyl groups is 1. The van der Waals surface area contributed by atoms with Gasteiger partial charge in [-0.3, -0.25) is 0 Å². The summed E-state index contributed by atoms with van der Waals surface area (Å²) in [7, 11) is 0. The lowest BCUT2D eigenvalue weighted by Crippen LogP contribution is -2.61. The Balaban J connectivity index is 1.73. The SMILES string of the molecule is CC1(C)C[C@@](O)(C(F)(F)F)[C@@H](NC(=O)Nc2ccc3ccccc3c2)c2ccc(F)c(O)c21. The first-order valence-electron chi connectivity index (χ1n) is 10.2. The van der Waals surface area contributed by atoms with Gasteiger partial charge in [0, 0.05) is 11.3 Å². The molecule has 0 spiro atoms. The largest absolute Gasteiger partial charge is 0.505 e. The fraction of sp³-hybridized carbons (Fsp3) is 0.292. The minimum absolute atomic E-state index is 0.0903. The van der Waals surface area contributed by atoms with Crippen LogP contribution in [0.4, 0.5) is 28.0 Å². The monoisotopic (exact) mass is 462 g/mol. The van der Waals surface area contributed by atoms with Gasteiger partial charge >= 0.3 is 12.2 Å². The highest BCUT2D eigenvalue weighted by Gasteiger charge is 2.64. The van der Waals surface area contributed by atoms with E-state index < -0.39 is 47.3 Å². The number of benzene rings is 3. The highest BCUT2D eigenvalue weighted by atomic mass is 19.4. The molecule has 0 aliphatic heterocycles. The van der Waals surface area contributed by atoms with Crippen molar-refractivity contribution in [2.24, 2.45) is 0 Å². The molecule has 33 heavy (non-hydrogen) atoms. The predicted molar refractivity (Wildman–Crippen MR) is 116 cm³/mol. The number of aromatic hydroxyl groups is 1. The van der Waals surface area contributed by atoms with Crippen molar-refractivity contribution in [2.45, 2.75) is 43.5 Å². The summed E-state index contributed by atoms with van der Waals surface area (Å²) in [5.74, 6) is -1.80. The van der Waals surface area contributed by atoms with Gasteiger partial charge in [0.1, 0.15) is 0 Å². The van der Waals surface area contributed by atoms with Gasteiger partial charge in [0.25, 0.3) is 0 Å². The van der Waals surface area contributed by atoms with Gasteiger partial charge in [0.05, 0.1) is 6.04 Å². The van der Waals surface area contributed by atoms with Crippen LogP contribution in [0.1, 0.15) is 37.4 Å². The van der Waals surface area contributed by atoms with Gasteiger partial charge in [-0.2, -0.15) is 13.2 Å². The molecule has 174 valence electrons. The molecule has 2 atom stereocenters. The number of rotatable bonds is 2. The zero-order chi connectivity index (χ0) is 24.2. The van der Waals surface area contributed by atoms with Crippen molar-refractivity contribution in [3.63, 3.8) is 0 Å². The lowest BCUT2D eigenvalue weighted by Gasteiger charge is -2.48. The van der Waals surface area contributed by atoms with Gasteiger partial charge in [-0.05, 0) is 46.4 Å². The first-order chi connectivity index (χ1) is 15.3.